The van der Waals surface area contributed by atoms with Crippen molar-refractivity contribution in [3.05, 3.63) is 57.2 Å². The maximum absolute atomic E-state index is 14.5. The van der Waals surface area contributed by atoms with Crippen LogP contribution in [0.2, 0.25) is 0 Å². The first-order valence-electron chi connectivity index (χ1n) is 8.06. The third-order valence-corrected chi connectivity index (χ3v) is 5.14. The molecule has 1 aliphatic rings. The zero-order valence-corrected chi connectivity index (χ0v) is 16.0. The van der Waals surface area contributed by atoms with Crippen LogP contribution in [0, 0.1) is 11.7 Å². The number of H-pyrrole nitrogens is 1. The molecule has 1 aromatic carbocycles. The molecule has 2 N–H and O–H groups in total. The molecule has 2 aromatic rings. The predicted octanol–water partition coefficient (Wildman–Crippen LogP) is 2.30. The van der Waals surface area contributed by atoms with E-state index in [4.69, 9.17) is 26.0 Å². The fourth-order valence-electron chi connectivity index (χ4n) is 2.60. The minimum atomic E-state index is -2.91. The highest BCUT2D eigenvalue weighted by atomic mass is 32.1. The number of hydrogen-bond acceptors (Lipinski definition) is 7. The molecule has 5 atom stereocenters. The van der Waals surface area contributed by atoms with Crippen molar-refractivity contribution >= 4 is 20.5 Å². The minimum Gasteiger partial charge on any atom is -0.426 e. The molecule has 0 bridgehead atoms. The van der Waals surface area contributed by atoms with Crippen LogP contribution < -0.4 is 10.1 Å². The lowest BCUT2D eigenvalue weighted by Crippen LogP contribution is -2.31. The van der Waals surface area contributed by atoms with Gasteiger partial charge in [-0.25, -0.2) is 8.96 Å². The van der Waals surface area contributed by atoms with Crippen LogP contribution >= 0.6 is 20.5 Å². The third kappa shape index (κ3) is 4.53. The van der Waals surface area contributed by atoms with Gasteiger partial charge < -0.3 is 14.4 Å². The molecular weight excluding hydrogens is 398 g/mol. The molecule has 1 aliphatic heterocycles. The van der Waals surface area contributed by atoms with E-state index in [0.717, 1.165) is 0 Å². The van der Waals surface area contributed by atoms with Crippen LogP contribution in [-0.4, -0.2) is 39.6 Å². The molecule has 11 heteroatoms. The van der Waals surface area contributed by atoms with Crippen LogP contribution in [0.5, 0.6) is 5.75 Å². The molecule has 1 saturated heterocycles. The van der Waals surface area contributed by atoms with Crippen molar-refractivity contribution < 1.29 is 27.8 Å². The van der Waals surface area contributed by atoms with Crippen molar-refractivity contribution in [2.45, 2.75) is 31.5 Å². The van der Waals surface area contributed by atoms with Crippen molar-refractivity contribution in [1.82, 2.24) is 9.55 Å². The van der Waals surface area contributed by atoms with Crippen LogP contribution in [0.25, 0.3) is 0 Å². The molecule has 146 valence electrons. The number of aromatic nitrogens is 2. The summed E-state index contributed by atoms with van der Waals surface area (Å²) in [5.74, 6) is 0.366. The van der Waals surface area contributed by atoms with Crippen LogP contribution in [0.4, 0.5) is 4.39 Å². The number of halogens is 1. The molecule has 0 amide bonds. The van der Waals surface area contributed by atoms with Gasteiger partial charge in [0.05, 0.1) is 6.61 Å². The van der Waals surface area contributed by atoms with Gasteiger partial charge in [-0.1, -0.05) is 18.2 Å². The van der Waals surface area contributed by atoms with Crippen molar-refractivity contribution in [2.24, 2.45) is 0 Å². The number of alkyl halides is 1. The Morgan fingerprint density at radius 2 is 2.11 bits per heavy atom. The van der Waals surface area contributed by atoms with Crippen LogP contribution in [0.1, 0.15) is 11.8 Å². The zero-order chi connectivity index (χ0) is 19.6. The van der Waals surface area contributed by atoms with Gasteiger partial charge in [-0.05, 0) is 31.3 Å². The van der Waals surface area contributed by atoms with E-state index in [0.29, 0.717) is 11.3 Å². The Morgan fingerprint density at radius 3 is 2.81 bits per heavy atom. The average molecular weight is 416 g/mol. The highest BCUT2D eigenvalue weighted by Gasteiger charge is 2.45. The van der Waals surface area contributed by atoms with Crippen molar-refractivity contribution in [2.75, 3.05) is 6.61 Å². The number of rotatable bonds is 6. The van der Waals surface area contributed by atoms with Crippen LogP contribution in [0.3, 0.4) is 0 Å². The fourth-order valence-corrected chi connectivity index (χ4v) is 3.54. The standard InChI is InChI=1S/C16H18FN2O6PS/c1-9-7-19(16(27)18-14(9)21)15-12(17)13(20)11(24-15)8-23-26(22)25-10-5-3-2-4-6-10/h2-7,11-13,15,20,26H,8H2,1H3,(H,18,21,27)/t11-,12+,13?,15-/m0/s1. The van der Waals surface area contributed by atoms with Gasteiger partial charge in [0, 0.05) is 11.8 Å². The van der Waals surface area contributed by atoms with Crippen molar-refractivity contribution in [3.63, 3.8) is 0 Å². The number of ether oxygens (including phenoxy) is 1. The highest BCUT2D eigenvalue weighted by molar-refractivity contribution is 7.71. The Kier molecular flexibility index (Phi) is 6.23. The van der Waals surface area contributed by atoms with Gasteiger partial charge in [-0.15, -0.1) is 0 Å². The summed E-state index contributed by atoms with van der Waals surface area (Å²) in [5, 5.41) is 10.1. The monoisotopic (exact) mass is 416 g/mol. The summed E-state index contributed by atoms with van der Waals surface area (Å²) in [5.41, 5.74) is -0.0725. The summed E-state index contributed by atoms with van der Waals surface area (Å²) in [6, 6.07) is 8.42. The lowest BCUT2D eigenvalue weighted by atomic mass is 10.1. The Bertz CT molecular complexity index is 936. The number of aromatic amines is 1. The number of nitrogens with zero attached hydrogens (tertiary/aromatic N) is 1. The normalized spacial score (nSPS) is 26.0. The van der Waals surface area contributed by atoms with E-state index in [1.807, 2.05) is 0 Å². The molecule has 0 saturated carbocycles. The number of aliphatic hydroxyl groups is 1. The Morgan fingerprint density at radius 1 is 1.41 bits per heavy atom. The lowest BCUT2D eigenvalue weighted by molar-refractivity contribution is -0.0440. The van der Waals surface area contributed by atoms with E-state index in [1.165, 1.54) is 17.7 Å². The molecule has 2 unspecified atom stereocenters. The molecule has 1 aromatic heterocycles. The number of para-hydroxylation sites is 1. The van der Waals surface area contributed by atoms with Gasteiger partial charge in [0.25, 0.3) is 5.56 Å². The largest absolute Gasteiger partial charge is 0.426 e. The Labute approximate surface area is 159 Å². The van der Waals surface area contributed by atoms with Crippen LogP contribution in [0.15, 0.2) is 41.3 Å². The third-order valence-electron chi connectivity index (χ3n) is 4.02. The maximum atomic E-state index is 14.5. The van der Waals surface area contributed by atoms with Gasteiger partial charge in [0.2, 0.25) is 0 Å². The van der Waals surface area contributed by atoms with E-state index >= 15 is 0 Å². The molecule has 2 heterocycles. The first-order valence-corrected chi connectivity index (χ1v) is 9.69. The van der Waals surface area contributed by atoms with E-state index in [2.05, 4.69) is 4.98 Å². The number of benzene rings is 1. The maximum Gasteiger partial charge on any atom is 0.367 e. The molecule has 0 spiro atoms. The van der Waals surface area contributed by atoms with Gasteiger partial charge in [0.1, 0.15) is 18.0 Å². The molecule has 27 heavy (non-hydrogen) atoms. The van der Waals surface area contributed by atoms with Crippen molar-refractivity contribution in [3.8, 4) is 5.75 Å². The molecular formula is C16H18FN2O6PS. The summed E-state index contributed by atoms with van der Waals surface area (Å²) < 4.78 is 43.3. The number of hydrogen-bond donors (Lipinski definition) is 2. The highest BCUT2D eigenvalue weighted by Crippen LogP contribution is 2.34. The smallest absolute Gasteiger partial charge is 0.367 e. The first kappa shape index (κ1) is 19.9. The number of nitrogens with one attached hydrogen (secondary N) is 1. The summed E-state index contributed by atoms with van der Waals surface area (Å²) in [6.45, 7) is 1.20. The second-order valence-corrected chi connectivity index (χ2v) is 7.33. The van der Waals surface area contributed by atoms with Gasteiger partial charge in [-0.2, -0.15) is 0 Å². The van der Waals surface area contributed by atoms with E-state index < -0.39 is 32.9 Å². The molecule has 1 fully saturated rings. The van der Waals surface area contributed by atoms with Gasteiger partial charge >= 0.3 is 8.25 Å². The van der Waals surface area contributed by atoms with E-state index in [9.17, 15) is 18.9 Å². The summed E-state index contributed by atoms with van der Waals surface area (Å²) >= 11 is 5.03. The average Bonchev–Trinajstić information content (AvgIpc) is 2.92. The fraction of sp³-hybridized carbons (Fsp3) is 0.375. The lowest BCUT2D eigenvalue weighted by Gasteiger charge is -2.17. The molecule has 0 aliphatic carbocycles. The zero-order valence-electron chi connectivity index (χ0n) is 14.2. The second kappa shape index (κ2) is 8.45. The SMILES string of the molecule is Cc1cn([C@H]2O[C@@H](CO[PH](=O)Oc3ccccc3)C(O)[C@H]2F)c(=S)[nH]c1=O. The number of aliphatic hydroxyl groups excluding tert-OH is 1. The quantitative estimate of drug-likeness (QED) is 0.550. The summed E-state index contributed by atoms with van der Waals surface area (Å²) in [6.07, 6.45) is -4.29. The molecule has 8 nitrogen and oxygen atoms in total. The minimum absolute atomic E-state index is 0.0343. The first-order chi connectivity index (χ1) is 12.9. The van der Waals surface area contributed by atoms with Gasteiger partial charge in [-0.3, -0.25) is 18.9 Å². The number of aryl methyl sites for hydroxylation is 1. The molecule has 3 rings (SSSR count). The van der Waals surface area contributed by atoms with Crippen molar-refractivity contribution in [1.29, 1.82) is 0 Å². The molecule has 0 radical (unpaired) electrons. The Balaban J connectivity index is 1.65. The summed E-state index contributed by atoms with van der Waals surface area (Å²) in [7, 11) is -2.91. The Hall–Kier alpha value is -1.84. The van der Waals surface area contributed by atoms with E-state index in [-0.39, 0.29) is 16.9 Å². The second-order valence-electron chi connectivity index (χ2n) is 5.95. The predicted molar refractivity (Wildman–Crippen MR) is 97.5 cm³/mol. The topological polar surface area (TPSA) is 103 Å². The van der Waals surface area contributed by atoms with Crippen LogP contribution in [-0.2, 0) is 13.8 Å². The van der Waals surface area contributed by atoms with Gasteiger partial charge in [0.15, 0.2) is 17.2 Å². The summed E-state index contributed by atoms with van der Waals surface area (Å²) in [4.78, 5) is 14.0. The van der Waals surface area contributed by atoms with E-state index in [1.54, 1.807) is 30.3 Å².